The van der Waals surface area contributed by atoms with Crippen molar-refractivity contribution in [2.24, 2.45) is 0 Å². The van der Waals surface area contributed by atoms with Crippen LogP contribution >= 0.6 is 0 Å². The van der Waals surface area contributed by atoms with E-state index in [1.54, 1.807) is 24.3 Å². The molecule has 0 saturated heterocycles. The zero-order valence-electron chi connectivity index (χ0n) is 9.71. The predicted octanol–water partition coefficient (Wildman–Crippen LogP) is 1.82. The quantitative estimate of drug-likeness (QED) is 0.788. The van der Waals surface area contributed by atoms with E-state index in [1.807, 2.05) is 6.07 Å². The SMILES string of the molecule is CS(=O)(=O)OCCc1cc2cc(C#N)ccc2o1. The number of hydrogen-bond donors (Lipinski definition) is 0. The average molecular weight is 265 g/mol. The Balaban J connectivity index is 2.13. The summed E-state index contributed by atoms with van der Waals surface area (Å²) in [7, 11) is -3.42. The highest BCUT2D eigenvalue weighted by Crippen LogP contribution is 2.21. The summed E-state index contributed by atoms with van der Waals surface area (Å²) in [6.45, 7) is 0.0454. The topological polar surface area (TPSA) is 80.3 Å². The van der Waals surface area contributed by atoms with Crippen LogP contribution in [-0.2, 0) is 20.7 Å². The minimum absolute atomic E-state index is 0.0454. The van der Waals surface area contributed by atoms with E-state index in [0.29, 0.717) is 23.3 Å². The van der Waals surface area contributed by atoms with Crippen molar-refractivity contribution >= 4 is 21.1 Å². The van der Waals surface area contributed by atoms with Crippen molar-refractivity contribution in [3.05, 3.63) is 35.6 Å². The first-order valence-corrected chi connectivity index (χ1v) is 7.06. The van der Waals surface area contributed by atoms with Gasteiger partial charge in [0.2, 0.25) is 0 Å². The van der Waals surface area contributed by atoms with Gasteiger partial charge in [-0.25, -0.2) is 0 Å². The molecule has 0 fully saturated rings. The van der Waals surface area contributed by atoms with Gasteiger partial charge >= 0.3 is 0 Å². The van der Waals surface area contributed by atoms with Crippen LogP contribution in [0, 0.1) is 11.3 Å². The molecule has 94 valence electrons. The van der Waals surface area contributed by atoms with Crippen molar-refractivity contribution in [1.82, 2.24) is 0 Å². The molecule has 1 aromatic carbocycles. The Morgan fingerprint density at radius 2 is 2.17 bits per heavy atom. The molecule has 1 heterocycles. The number of fused-ring (bicyclic) bond motifs is 1. The molecule has 0 radical (unpaired) electrons. The fourth-order valence-electron chi connectivity index (χ4n) is 1.58. The molecule has 0 atom stereocenters. The maximum absolute atomic E-state index is 10.8. The van der Waals surface area contributed by atoms with Crippen LogP contribution in [0.2, 0.25) is 0 Å². The molecule has 0 aliphatic heterocycles. The first-order chi connectivity index (χ1) is 8.48. The third kappa shape index (κ3) is 3.09. The van der Waals surface area contributed by atoms with Crippen LogP contribution in [0.1, 0.15) is 11.3 Å². The van der Waals surface area contributed by atoms with Crippen LogP contribution in [0.15, 0.2) is 28.7 Å². The van der Waals surface area contributed by atoms with Gasteiger partial charge in [0.15, 0.2) is 0 Å². The number of benzene rings is 1. The highest BCUT2D eigenvalue weighted by atomic mass is 32.2. The third-order valence-corrected chi connectivity index (χ3v) is 2.94. The van der Waals surface area contributed by atoms with Crippen molar-refractivity contribution in [3.8, 4) is 6.07 Å². The highest BCUT2D eigenvalue weighted by molar-refractivity contribution is 7.85. The Morgan fingerprint density at radius 3 is 2.83 bits per heavy atom. The number of furan rings is 1. The molecule has 0 spiro atoms. The minimum atomic E-state index is -3.42. The summed E-state index contributed by atoms with van der Waals surface area (Å²) in [5.41, 5.74) is 1.23. The molecular weight excluding hydrogens is 254 g/mol. The van der Waals surface area contributed by atoms with Crippen LogP contribution in [0.25, 0.3) is 11.0 Å². The maximum atomic E-state index is 10.8. The van der Waals surface area contributed by atoms with Crippen LogP contribution in [0.4, 0.5) is 0 Å². The summed E-state index contributed by atoms with van der Waals surface area (Å²) < 4.78 is 31.7. The first-order valence-electron chi connectivity index (χ1n) is 5.25. The standard InChI is InChI=1S/C12H11NO4S/c1-18(14,15)16-5-4-11-7-10-6-9(8-13)2-3-12(10)17-11/h2-3,6-7H,4-5H2,1H3. The monoisotopic (exact) mass is 265 g/mol. The molecule has 0 unspecified atom stereocenters. The van der Waals surface area contributed by atoms with Gasteiger partial charge in [-0.1, -0.05) is 0 Å². The lowest BCUT2D eigenvalue weighted by Gasteiger charge is -1.97. The second kappa shape index (κ2) is 4.80. The van der Waals surface area contributed by atoms with Crippen molar-refractivity contribution in [3.63, 3.8) is 0 Å². The molecule has 18 heavy (non-hydrogen) atoms. The van der Waals surface area contributed by atoms with Crippen LogP contribution < -0.4 is 0 Å². The highest BCUT2D eigenvalue weighted by Gasteiger charge is 2.07. The van der Waals surface area contributed by atoms with E-state index in [0.717, 1.165) is 11.6 Å². The molecule has 0 saturated carbocycles. The zero-order valence-corrected chi connectivity index (χ0v) is 10.5. The van der Waals surface area contributed by atoms with Gasteiger partial charge < -0.3 is 4.42 Å². The van der Waals surface area contributed by atoms with Gasteiger partial charge in [0, 0.05) is 11.8 Å². The van der Waals surface area contributed by atoms with Crippen LogP contribution in [-0.4, -0.2) is 21.3 Å². The second-order valence-corrected chi connectivity index (χ2v) is 5.50. The smallest absolute Gasteiger partial charge is 0.264 e. The third-order valence-electron chi connectivity index (χ3n) is 2.34. The van der Waals surface area contributed by atoms with Crippen molar-refractivity contribution in [1.29, 1.82) is 5.26 Å². The summed E-state index contributed by atoms with van der Waals surface area (Å²) in [6.07, 6.45) is 1.37. The summed E-state index contributed by atoms with van der Waals surface area (Å²) in [4.78, 5) is 0. The van der Waals surface area contributed by atoms with E-state index in [1.165, 1.54) is 0 Å². The molecular formula is C12H11NO4S. The normalized spacial score (nSPS) is 11.6. The predicted molar refractivity (Wildman–Crippen MR) is 65.4 cm³/mol. The lowest BCUT2D eigenvalue weighted by atomic mass is 10.2. The Hall–Kier alpha value is -1.84. The number of rotatable bonds is 4. The Bertz CT molecular complexity index is 709. The maximum Gasteiger partial charge on any atom is 0.264 e. The molecule has 5 nitrogen and oxygen atoms in total. The summed E-state index contributed by atoms with van der Waals surface area (Å²) in [5, 5.41) is 9.59. The average Bonchev–Trinajstić information content (AvgIpc) is 2.68. The molecule has 0 bridgehead atoms. The summed E-state index contributed by atoms with van der Waals surface area (Å²) in [6, 6.07) is 8.93. The van der Waals surface area contributed by atoms with Gasteiger partial charge in [0.1, 0.15) is 11.3 Å². The van der Waals surface area contributed by atoms with Gasteiger partial charge in [0.25, 0.3) is 10.1 Å². The summed E-state index contributed by atoms with van der Waals surface area (Å²) >= 11 is 0. The number of nitriles is 1. The molecule has 0 amide bonds. The fourth-order valence-corrected chi connectivity index (χ4v) is 1.97. The zero-order chi connectivity index (χ0) is 13.2. The van der Waals surface area contributed by atoms with E-state index in [9.17, 15) is 8.42 Å². The van der Waals surface area contributed by atoms with Crippen molar-refractivity contribution in [2.45, 2.75) is 6.42 Å². The van der Waals surface area contributed by atoms with Crippen LogP contribution in [0.3, 0.4) is 0 Å². The largest absolute Gasteiger partial charge is 0.461 e. The number of nitrogens with zero attached hydrogens (tertiary/aromatic N) is 1. The van der Waals surface area contributed by atoms with Gasteiger partial charge in [-0.3, -0.25) is 4.18 Å². The molecule has 2 rings (SSSR count). The van der Waals surface area contributed by atoms with Gasteiger partial charge in [-0.2, -0.15) is 13.7 Å². The van der Waals surface area contributed by atoms with Crippen molar-refractivity contribution < 1.29 is 17.0 Å². The second-order valence-electron chi connectivity index (χ2n) is 3.85. The molecule has 1 aromatic heterocycles. The lowest BCUT2D eigenvalue weighted by Crippen LogP contribution is -2.05. The Morgan fingerprint density at radius 1 is 1.39 bits per heavy atom. The van der Waals surface area contributed by atoms with E-state index < -0.39 is 10.1 Å². The molecule has 0 aliphatic rings. The molecule has 6 heteroatoms. The van der Waals surface area contributed by atoms with Crippen LogP contribution in [0.5, 0.6) is 0 Å². The Labute approximate surface area is 105 Å². The van der Waals surface area contributed by atoms with E-state index in [2.05, 4.69) is 4.18 Å². The van der Waals surface area contributed by atoms with Crippen molar-refractivity contribution in [2.75, 3.05) is 12.9 Å². The van der Waals surface area contributed by atoms with Gasteiger partial charge in [0.05, 0.1) is 24.5 Å². The van der Waals surface area contributed by atoms with Gasteiger partial charge in [-0.15, -0.1) is 0 Å². The minimum Gasteiger partial charge on any atom is -0.461 e. The fraction of sp³-hybridized carbons (Fsp3) is 0.250. The molecule has 2 aromatic rings. The van der Waals surface area contributed by atoms with Gasteiger partial charge in [-0.05, 0) is 24.3 Å². The molecule has 0 aliphatic carbocycles. The van der Waals surface area contributed by atoms with E-state index >= 15 is 0 Å². The first kappa shape index (κ1) is 12.6. The Kier molecular flexibility index (Phi) is 3.36. The van der Waals surface area contributed by atoms with E-state index in [4.69, 9.17) is 9.68 Å². The summed E-state index contributed by atoms with van der Waals surface area (Å²) in [5.74, 6) is 0.628. The number of hydrogen-bond acceptors (Lipinski definition) is 5. The lowest BCUT2D eigenvalue weighted by molar-refractivity contribution is 0.316. The van der Waals surface area contributed by atoms with E-state index in [-0.39, 0.29) is 6.61 Å². The molecule has 0 N–H and O–H groups in total.